The number of nitrogens with zero attached hydrogens (tertiary/aromatic N) is 2. The highest BCUT2D eigenvalue weighted by Crippen LogP contribution is 2.26. The van der Waals surface area contributed by atoms with Crippen LogP contribution in [-0.4, -0.2) is 21.0 Å². The number of carboxylic acids is 1. The third-order valence-corrected chi connectivity index (χ3v) is 3.53. The molecule has 1 unspecified atom stereocenters. The van der Waals surface area contributed by atoms with Crippen molar-refractivity contribution in [1.82, 2.24) is 9.97 Å². The van der Waals surface area contributed by atoms with Crippen molar-refractivity contribution in [2.24, 2.45) is 5.92 Å². The zero-order chi connectivity index (χ0) is 12.7. The number of aryl methyl sites for hydroxylation is 1. The SMILES string of the molecule is CC1CCc2nc3ncc(C(=O)O)cc3cc2C1. The summed E-state index contributed by atoms with van der Waals surface area (Å²) in [6.07, 6.45) is 4.55. The fourth-order valence-corrected chi connectivity index (χ4v) is 2.52. The first-order chi connectivity index (χ1) is 8.63. The molecule has 1 atom stereocenters. The van der Waals surface area contributed by atoms with Gasteiger partial charge in [-0.3, -0.25) is 0 Å². The van der Waals surface area contributed by atoms with Gasteiger partial charge in [0.15, 0.2) is 5.65 Å². The first kappa shape index (κ1) is 11.1. The Morgan fingerprint density at radius 3 is 3.06 bits per heavy atom. The molecule has 0 saturated heterocycles. The first-order valence-electron chi connectivity index (χ1n) is 6.15. The highest BCUT2D eigenvalue weighted by Gasteiger charge is 2.17. The zero-order valence-electron chi connectivity index (χ0n) is 10.2. The van der Waals surface area contributed by atoms with Gasteiger partial charge in [-0.2, -0.15) is 0 Å². The fourth-order valence-electron chi connectivity index (χ4n) is 2.52. The smallest absolute Gasteiger partial charge is 0.337 e. The van der Waals surface area contributed by atoms with Crippen LogP contribution in [0.4, 0.5) is 0 Å². The number of hydrogen-bond donors (Lipinski definition) is 1. The minimum absolute atomic E-state index is 0.216. The summed E-state index contributed by atoms with van der Waals surface area (Å²) in [6.45, 7) is 2.24. The lowest BCUT2D eigenvalue weighted by Gasteiger charge is -2.20. The molecule has 0 radical (unpaired) electrons. The van der Waals surface area contributed by atoms with Crippen LogP contribution in [0.1, 0.15) is 35.0 Å². The molecule has 2 aromatic heterocycles. The van der Waals surface area contributed by atoms with E-state index in [2.05, 4.69) is 16.9 Å². The summed E-state index contributed by atoms with van der Waals surface area (Å²) in [4.78, 5) is 19.6. The molecule has 1 aliphatic rings. The van der Waals surface area contributed by atoms with Crippen LogP contribution in [0.2, 0.25) is 0 Å². The van der Waals surface area contributed by atoms with Crippen molar-refractivity contribution >= 4 is 17.0 Å². The molecule has 3 rings (SSSR count). The van der Waals surface area contributed by atoms with Gasteiger partial charge in [-0.05, 0) is 42.9 Å². The van der Waals surface area contributed by atoms with Gasteiger partial charge in [-0.15, -0.1) is 0 Å². The molecule has 0 saturated carbocycles. The van der Waals surface area contributed by atoms with E-state index in [-0.39, 0.29) is 5.56 Å². The third kappa shape index (κ3) is 1.83. The monoisotopic (exact) mass is 242 g/mol. The number of aromatic carboxylic acids is 1. The highest BCUT2D eigenvalue weighted by molar-refractivity contribution is 5.91. The molecule has 1 aliphatic carbocycles. The first-order valence-corrected chi connectivity index (χ1v) is 6.15. The number of carboxylic acid groups (broad SMARTS) is 1. The molecule has 18 heavy (non-hydrogen) atoms. The van der Waals surface area contributed by atoms with Gasteiger partial charge in [-0.25, -0.2) is 14.8 Å². The van der Waals surface area contributed by atoms with Crippen molar-refractivity contribution in [1.29, 1.82) is 0 Å². The quantitative estimate of drug-likeness (QED) is 0.834. The summed E-state index contributed by atoms with van der Waals surface area (Å²) in [7, 11) is 0. The molecule has 2 heterocycles. The molecule has 0 aromatic carbocycles. The summed E-state index contributed by atoms with van der Waals surface area (Å²) >= 11 is 0. The van der Waals surface area contributed by atoms with Gasteiger partial charge in [0.25, 0.3) is 0 Å². The number of hydrogen-bond acceptors (Lipinski definition) is 3. The molecule has 1 N–H and O–H groups in total. The minimum Gasteiger partial charge on any atom is -0.478 e. The van der Waals surface area contributed by atoms with Crippen LogP contribution in [0.3, 0.4) is 0 Å². The van der Waals surface area contributed by atoms with Gasteiger partial charge in [0.1, 0.15) is 0 Å². The Labute approximate surface area is 105 Å². The Kier molecular flexibility index (Phi) is 2.51. The molecule has 4 nitrogen and oxygen atoms in total. The molecule has 0 amide bonds. The average molecular weight is 242 g/mol. The summed E-state index contributed by atoms with van der Waals surface area (Å²) in [5.74, 6) is -0.275. The van der Waals surface area contributed by atoms with E-state index < -0.39 is 5.97 Å². The molecule has 0 fully saturated rings. The fraction of sp³-hybridized carbons (Fsp3) is 0.357. The molecule has 4 heteroatoms. The number of rotatable bonds is 1. The molecule has 92 valence electrons. The predicted molar refractivity (Wildman–Crippen MR) is 67.7 cm³/mol. The standard InChI is InChI=1S/C14H14N2O2/c1-8-2-3-12-9(4-8)5-10-6-11(14(17)18)7-15-13(10)16-12/h5-8H,2-4H2,1H3,(H,17,18). The van der Waals surface area contributed by atoms with Crippen LogP contribution in [0, 0.1) is 5.92 Å². The van der Waals surface area contributed by atoms with E-state index in [1.165, 1.54) is 18.2 Å². The van der Waals surface area contributed by atoms with E-state index in [9.17, 15) is 4.79 Å². The largest absolute Gasteiger partial charge is 0.478 e. The van der Waals surface area contributed by atoms with Gasteiger partial charge >= 0.3 is 5.97 Å². The number of aromatic nitrogens is 2. The summed E-state index contributed by atoms with van der Waals surface area (Å²) < 4.78 is 0. The maximum absolute atomic E-state index is 10.9. The van der Waals surface area contributed by atoms with Gasteiger partial charge < -0.3 is 5.11 Å². The van der Waals surface area contributed by atoms with Gasteiger partial charge in [0.05, 0.1) is 5.56 Å². The number of fused-ring (bicyclic) bond motifs is 2. The van der Waals surface area contributed by atoms with Crippen LogP contribution < -0.4 is 0 Å². The van der Waals surface area contributed by atoms with Gasteiger partial charge in [-0.1, -0.05) is 6.92 Å². The van der Waals surface area contributed by atoms with Crippen LogP contribution in [0.5, 0.6) is 0 Å². The second-order valence-electron chi connectivity index (χ2n) is 5.02. The molecular formula is C14H14N2O2. The van der Waals surface area contributed by atoms with Crippen molar-refractivity contribution in [3.63, 3.8) is 0 Å². The van der Waals surface area contributed by atoms with Crippen molar-refractivity contribution in [2.45, 2.75) is 26.2 Å². The Morgan fingerprint density at radius 1 is 1.44 bits per heavy atom. The Balaban J connectivity index is 2.16. The van der Waals surface area contributed by atoms with E-state index in [1.54, 1.807) is 6.07 Å². The molecule has 2 aromatic rings. The van der Waals surface area contributed by atoms with Crippen molar-refractivity contribution in [2.75, 3.05) is 0 Å². The summed E-state index contributed by atoms with van der Waals surface area (Å²) in [5.41, 5.74) is 3.23. The molecule has 0 spiro atoms. The Hall–Kier alpha value is -1.97. The third-order valence-electron chi connectivity index (χ3n) is 3.53. The van der Waals surface area contributed by atoms with Crippen LogP contribution >= 0.6 is 0 Å². The van der Waals surface area contributed by atoms with E-state index in [0.717, 1.165) is 23.9 Å². The Bertz CT molecular complexity index is 637. The predicted octanol–water partition coefficient (Wildman–Crippen LogP) is 2.45. The van der Waals surface area contributed by atoms with Gasteiger partial charge in [0.2, 0.25) is 0 Å². The minimum atomic E-state index is -0.949. The van der Waals surface area contributed by atoms with E-state index >= 15 is 0 Å². The molecule has 0 aliphatic heterocycles. The zero-order valence-corrected chi connectivity index (χ0v) is 10.2. The highest BCUT2D eigenvalue weighted by atomic mass is 16.4. The Morgan fingerprint density at radius 2 is 2.28 bits per heavy atom. The topological polar surface area (TPSA) is 63.1 Å². The molecular weight excluding hydrogens is 228 g/mol. The van der Waals surface area contributed by atoms with Crippen molar-refractivity contribution in [3.05, 3.63) is 35.2 Å². The second kappa shape index (κ2) is 4.05. The van der Waals surface area contributed by atoms with Crippen molar-refractivity contribution in [3.8, 4) is 0 Å². The van der Waals surface area contributed by atoms with E-state index in [1.807, 2.05) is 6.07 Å². The number of carbonyl (C=O) groups is 1. The maximum atomic E-state index is 10.9. The lowest BCUT2D eigenvalue weighted by molar-refractivity contribution is 0.0696. The lowest BCUT2D eigenvalue weighted by atomic mass is 9.87. The maximum Gasteiger partial charge on any atom is 0.337 e. The lowest BCUT2D eigenvalue weighted by Crippen LogP contribution is -2.13. The summed E-state index contributed by atoms with van der Waals surface area (Å²) in [5, 5.41) is 9.79. The summed E-state index contributed by atoms with van der Waals surface area (Å²) in [6, 6.07) is 3.70. The van der Waals surface area contributed by atoms with Crippen LogP contribution in [0.15, 0.2) is 18.3 Å². The van der Waals surface area contributed by atoms with E-state index in [4.69, 9.17) is 5.11 Å². The molecule has 0 bridgehead atoms. The van der Waals surface area contributed by atoms with Crippen molar-refractivity contribution < 1.29 is 9.90 Å². The normalized spacial score (nSPS) is 18.6. The number of pyridine rings is 2. The van der Waals surface area contributed by atoms with Crippen LogP contribution in [0.25, 0.3) is 11.0 Å². The van der Waals surface area contributed by atoms with E-state index in [0.29, 0.717) is 11.6 Å². The second-order valence-corrected chi connectivity index (χ2v) is 5.02. The average Bonchev–Trinajstić information content (AvgIpc) is 2.35. The van der Waals surface area contributed by atoms with Crippen LogP contribution in [-0.2, 0) is 12.8 Å². The van der Waals surface area contributed by atoms with Gasteiger partial charge in [0, 0.05) is 17.3 Å².